The van der Waals surface area contributed by atoms with E-state index in [2.05, 4.69) is 87.0 Å². The van der Waals surface area contributed by atoms with E-state index in [9.17, 15) is 0 Å². The van der Waals surface area contributed by atoms with Crippen LogP contribution in [0.25, 0.3) is 49.3 Å². The molecule has 0 amide bonds. The number of rotatable bonds is 1. The first kappa shape index (κ1) is 13.3. The van der Waals surface area contributed by atoms with Gasteiger partial charge in [0, 0.05) is 43.5 Å². The van der Waals surface area contributed by atoms with E-state index in [0.717, 1.165) is 0 Å². The Kier molecular flexibility index (Phi) is 2.52. The smallest absolute Gasteiger partial charge is 0.0783 e. The van der Waals surface area contributed by atoms with Crippen LogP contribution in [0.1, 0.15) is 0 Å². The highest BCUT2D eigenvalue weighted by Crippen LogP contribution is 2.39. The van der Waals surface area contributed by atoms with Crippen molar-refractivity contribution in [1.82, 2.24) is 9.55 Å². The van der Waals surface area contributed by atoms with Crippen LogP contribution in [0.3, 0.4) is 0 Å². The van der Waals surface area contributed by atoms with Crippen molar-refractivity contribution in [2.75, 3.05) is 0 Å². The quantitative estimate of drug-likeness (QED) is 0.354. The van der Waals surface area contributed by atoms with Gasteiger partial charge in [0.15, 0.2) is 0 Å². The average Bonchev–Trinajstić information content (AvgIpc) is 3.34. The molecule has 0 radical (unpaired) electrons. The summed E-state index contributed by atoms with van der Waals surface area (Å²) in [6.45, 7) is 0. The molecule has 0 unspecified atom stereocenters. The van der Waals surface area contributed by atoms with Gasteiger partial charge >= 0.3 is 0 Å². The van der Waals surface area contributed by atoms with E-state index in [1.54, 1.807) is 11.3 Å². The second-order valence-corrected chi connectivity index (χ2v) is 7.14. The second-order valence-electron chi connectivity index (χ2n) is 6.40. The third-order valence-electron chi connectivity index (χ3n) is 5.07. The van der Waals surface area contributed by atoms with Crippen molar-refractivity contribution >= 4 is 54.9 Å². The topological polar surface area (TPSA) is 20.7 Å². The Morgan fingerprint density at radius 3 is 2.40 bits per heavy atom. The van der Waals surface area contributed by atoms with Crippen molar-refractivity contribution in [2.24, 2.45) is 0 Å². The van der Waals surface area contributed by atoms with E-state index in [0.29, 0.717) is 0 Å². The average molecular weight is 338 g/mol. The Morgan fingerprint density at radius 2 is 1.48 bits per heavy atom. The molecule has 1 N–H and O–H groups in total. The van der Waals surface area contributed by atoms with E-state index in [1.165, 1.54) is 49.3 Å². The van der Waals surface area contributed by atoms with Crippen LogP contribution in [0.2, 0.25) is 0 Å². The Bertz CT molecular complexity index is 1380. The standard InChI is InChI=1S/C22H14N2S/c1-2-6-14(7-3-1)24-20-13-25-12-18(20)17-11-10-16-15-8-4-5-9-19(15)23-21(16)22(17)24/h1-13,23H. The summed E-state index contributed by atoms with van der Waals surface area (Å²) in [5.74, 6) is 0. The first-order valence-corrected chi connectivity index (χ1v) is 9.31. The molecule has 2 nitrogen and oxygen atoms in total. The molecular weight excluding hydrogens is 324 g/mol. The largest absolute Gasteiger partial charge is 0.353 e. The van der Waals surface area contributed by atoms with Crippen LogP contribution >= 0.6 is 11.3 Å². The minimum atomic E-state index is 1.19. The van der Waals surface area contributed by atoms with Crippen LogP contribution in [0, 0.1) is 0 Å². The van der Waals surface area contributed by atoms with Gasteiger partial charge in [0.25, 0.3) is 0 Å². The lowest BCUT2D eigenvalue weighted by Crippen LogP contribution is -1.93. The summed E-state index contributed by atoms with van der Waals surface area (Å²) in [6.07, 6.45) is 0. The Labute approximate surface area is 147 Å². The van der Waals surface area contributed by atoms with Crippen molar-refractivity contribution < 1.29 is 0 Å². The number of benzene rings is 3. The third kappa shape index (κ3) is 1.68. The van der Waals surface area contributed by atoms with E-state index in [1.807, 2.05) is 0 Å². The molecule has 3 heterocycles. The molecule has 0 saturated heterocycles. The summed E-state index contributed by atoms with van der Waals surface area (Å²) in [5.41, 5.74) is 6.14. The molecule has 3 aromatic heterocycles. The number of aromatic amines is 1. The fourth-order valence-corrected chi connectivity index (χ4v) is 4.80. The maximum atomic E-state index is 3.66. The molecule has 0 bridgehead atoms. The minimum absolute atomic E-state index is 1.19. The molecule has 0 aliphatic rings. The summed E-state index contributed by atoms with van der Waals surface area (Å²) in [6, 6.07) is 23.7. The zero-order valence-electron chi connectivity index (χ0n) is 13.4. The van der Waals surface area contributed by atoms with Crippen LogP contribution in [-0.2, 0) is 0 Å². The van der Waals surface area contributed by atoms with E-state index >= 15 is 0 Å². The molecule has 25 heavy (non-hydrogen) atoms. The molecule has 6 aromatic rings. The highest BCUT2D eigenvalue weighted by atomic mass is 32.1. The predicted octanol–water partition coefficient (Wildman–Crippen LogP) is 6.48. The van der Waals surface area contributed by atoms with Gasteiger partial charge in [-0.25, -0.2) is 0 Å². The number of aromatic nitrogens is 2. The van der Waals surface area contributed by atoms with E-state index in [4.69, 9.17) is 0 Å². The number of hydrogen-bond acceptors (Lipinski definition) is 1. The number of fused-ring (bicyclic) bond motifs is 7. The van der Waals surface area contributed by atoms with Gasteiger partial charge in [0.1, 0.15) is 0 Å². The summed E-state index contributed by atoms with van der Waals surface area (Å²) < 4.78 is 2.39. The van der Waals surface area contributed by atoms with E-state index in [-0.39, 0.29) is 0 Å². The zero-order valence-corrected chi connectivity index (χ0v) is 14.2. The Morgan fingerprint density at radius 1 is 0.680 bits per heavy atom. The maximum Gasteiger partial charge on any atom is 0.0783 e. The van der Waals surface area contributed by atoms with Crippen molar-refractivity contribution in [1.29, 1.82) is 0 Å². The molecule has 0 spiro atoms. The van der Waals surface area contributed by atoms with Crippen LogP contribution in [-0.4, -0.2) is 9.55 Å². The predicted molar refractivity (Wildman–Crippen MR) is 108 cm³/mol. The minimum Gasteiger partial charge on any atom is -0.353 e. The second kappa shape index (κ2) is 4.74. The maximum absolute atomic E-state index is 3.66. The fraction of sp³-hybridized carbons (Fsp3) is 0. The molecule has 6 rings (SSSR count). The van der Waals surface area contributed by atoms with Gasteiger partial charge in [-0.2, -0.15) is 0 Å². The lowest BCUT2D eigenvalue weighted by atomic mass is 10.1. The number of nitrogens with zero attached hydrogens (tertiary/aromatic N) is 1. The summed E-state index contributed by atoms with van der Waals surface area (Å²) in [5, 5.41) is 9.69. The van der Waals surface area contributed by atoms with Gasteiger partial charge in [-0.05, 0) is 18.2 Å². The fourth-order valence-electron chi connectivity index (χ4n) is 3.98. The van der Waals surface area contributed by atoms with Crippen LogP contribution in [0.15, 0.2) is 77.5 Å². The van der Waals surface area contributed by atoms with Crippen LogP contribution in [0.5, 0.6) is 0 Å². The number of hydrogen-bond donors (Lipinski definition) is 1. The summed E-state index contributed by atoms with van der Waals surface area (Å²) >= 11 is 1.76. The third-order valence-corrected chi connectivity index (χ3v) is 5.80. The SMILES string of the molecule is c1ccc(-n2c3cscc3c3ccc4c5ccccc5[nH]c4c32)cc1. The highest BCUT2D eigenvalue weighted by molar-refractivity contribution is 7.09. The normalized spacial score (nSPS) is 12.0. The molecule has 0 atom stereocenters. The molecule has 118 valence electrons. The van der Waals surface area contributed by atoms with Crippen molar-refractivity contribution in [3.8, 4) is 5.69 Å². The molecule has 0 fully saturated rings. The van der Waals surface area contributed by atoms with Crippen molar-refractivity contribution in [3.05, 3.63) is 77.5 Å². The summed E-state index contributed by atoms with van der Waals surface area (Å²) in [7, 11) is 0. The van der Waals surface area contributed by atoms with Gasteiger partial charge in [-0.15, -0.1) is 11.3 Å². The van der Waals surface area contributed by atoms with Gasteiger partial charge in [-0.1, -0.05) is 48.5 Å². The first-order chi connectivity index (χ1) is 12.4. The van der Waals surface area contributed by atoms with Gasteiger partial charge in [0.05, 0.1) is 16.6 Å². The monoisotopic (exact) mass is 338 g/mol. The van der Waals surface area contributed by atoms with Gasteiger partial charge in [-0.3, -0.25) is 0 Å². The Balaban J connectivity index is 1.91. The molecule has 3 aromatic carbocycles. The number of nitrogens with one attached hydrogen (secondary N) is 1. The molecule has 3 heteroatoms. The number of para-hydroxylation sites is 2. The number of thiophene rings is 1. The Hall–Kier alpha value is -3.04. The molecule has 0 aliphatic heterocycles. The van der Waals surface area contributed by atoms with Gasteiger partial charge < -0.3 is 9.55 Å². The van der Waals surface area contributed by atoms with Crippen LogP contribution < -0.4 is 0 Å². The molecular formula is C22H14N2S. The highest BCUT2D eigenvalue weighted by Gasteiger charge is 2.17. The zero-order chi connectivity index (χ0) is 16.4. The number of H-pyrrole nitrogens is 1. The lowest BCUT2D eigenvalue weighted by molar-refractivity contribution is 1.19. The van der Waals surface area contributed by atoms with Gasteiger partial charge in [0.2, 0.25) is 0 Å². The molecule has 0 saturated carbocycles. The summed E-state index contributed by atoms with van der Waals surface area (Å²) in [4.78, 5) is 3.66. The van der Waals surface area contributed by atoms with Crippen molar-refractivity contribution in [3.63, 3.8) is 0 Å². The van der Waals surface area contributed by atoms with Crippen molar-refractivity contribution in [2.45, 2.75) is 0 Å². The molecule has 0 aliphatic carbocycles. The first-order valence-electron chi connectivity index (χ1n) is 8.37. The van der Waals surface area contributed by atoms with E-state index < -0.39 is 0 Å². The lowest BCUT2D eigenvalue weighted by Gasteiger charge is -2.07. The van der Waals surface area contributed by atoms with Crippen LogP contribution in [0.4, 0.5) is 0 Å².